The van der Waals surface area contributed by atoms with Gasteiger partial charge in [-0.15, -0.1) is 0 Å². The number of nitrogens with one attached hydrogen (secondary N) is 2. The van der Waals surface area contributed by atoms with Crippen LogP contribution in [0.25, 0.3) is 5.65 Å². The Morgan fingerprint density at radius 2 is 1.82 bits per heavy atom. The van der Waals surface area contributed by atoms with Crippen LogP contribution >= 0.6 is 0 Å². The summed E-state index contributed by atoms with van der Waals surface area (Å²) in [5, 5.41) is 6.68. The number of imidazole rings is 1. The summed E-state index contributed by atoms with van der Waals surface area (Å²) in [5.74, 6) is 1.59. The summed E-state index contributed by atoms with van der Waals surface area (Å²) in [6.07, 6.45) is 14.8. The van der Waals surface area contributed by atoms with Crippen molar-refractivity contribution in [1.29, 1.82) is 0 Å². The van der Waals surface area contributed by atoms with Crippen LogP contribution in [-0.2, 0) is 0 Å². The topological polar surface area (TPSA) is 84.5 Å². The lowest BCUT2D eigenvalue weighted by atomic mass is 9.86. The molecule has 2 saturated carbocycles. The number of pyridine rings is 1. The quantitative estimate of drug-likeness (QED) is 0.708. The molecule has 0 atom stereocenters. The fourth-order valence-corrected chi connectivity index (χ4v) is 4.74. The van der Waals surface area contributed by atoms with Crippen LogP contribution in [-0.4, -0.2) is 34.4 Å². The number of nitrogens with two attached hydrogens (primary N) is 1. The number of anilines is 1. The lowest BCUT2D eigenvalue weighted by molar-refractivity contribution is 0.0954. The number of hydrogen-bond acceptors (Lipinski definition) is 4. The molecule has 2 aromatic rings. The minimum Gasteiger partial charge on any atom is -0.367 e. The molecule has 0 saturated heterocycles. The van der Waals surface area contributed by atoms with Crippen LogP contribution in [0, 0.1) is 0 Å². The van der Waals surface area contributed by atoms with Crippen LogP contribution in [0.2, 0.25) is 0 Å². The maximum Gasteiger partial charge on any atom is 0.251 e. The first kappa shape index (κ1) is 19.2. The SMILES string of the molecule is NCCNC(=O)c1ccn2c(NC3CCCCC3)c(C3CCCCC3)nc2c1. The zero-order chi connectivity index (χ0) is 19.3. The molecule has 0 radical (unpaired) electrons. The van der Waals surface area contributed by atoms with E-state index in [9.17, 15) is 4.79 Å². The Kier molecular flexibility index (Phi) is 6.15. The van der Waals surface area contributed by atoms with Crippen molar-refractivity contribution in [1.82, 2.24) is 14.7 Å². The van der Waals surface area contributed by atoms with Crippen LogP contribution in [0.5, 0.6) is 0 Å². The molecule has 0 bridgehead atoms. The summed E-state index contributed by atoms with van der Waals surface area (Å²) in [4.78, 5) is 17.4. The Morgan fingerprint density at radius 3 is 2.54 bits per heavy atom. The number of fused-ring (bicyclic) bond motifs is 1. The largest absolute Gasteiger partial charge is 0.367 e. The number of carbonyl (C=O) groups excluding carboxylic acids is 1. The second-order valence-electron chi connectivity index (χ2n) is 8.35. The molecular weight excluding hydrogens is 350 g/mol. The predicted octanol–water partition coefficient (Wildman–Crippen LogP) is 3.82. The summed E-state index contributed by atoms with van der Waals surface area (Å²) in [7, 11) is 0. The average molecular weight is 384 g/mol. The van der Waals surface area contributed by atoms with Crippen LogP contribution in [0.15, 0.2) is 18.3 Å². The van der Waals surface area contributed by atoms with Crippen molar-refractivity contribution in [2.45, 2.75) is 76.2 Å². The molecule has 0 aliphatic heterocycles. The van der Waals surface area contributed by atoms with Gasteiger partial charge in [-0.3, -0.25) is 9.20 Å². The fourth-order valence-electron chi connectivity index (χ4n) is 4.74. The molecule has 2 fully saturated rings. The van der Waals surface area contributed by atoms with Gasteiger partial charge in [0.2, 0.25) is 0 Å². The first-order valence-corrected chi connectivity index (χ1v) is 11.0. The second-order valence-corrected chi connectivity index (χ2v) is 8.35. The molecule has 0 unspecified atom stereocenters. The average Bonchev–Trinajstić information content (AvgIpc) is 3.11. The minimum absolute atomic E-state index is 0.0862. The third-order valence-electron chi connectivity index (χ3n) is 6.28. The van der Waals surface area contributed by atoms with E-state index in [-0.39, 0.29) is 5.91 Å². The lowest BCUT2D eigenvalue weighted by Crippen LogP contribution is -2.29. The van der Waals surface area contributed by atoms with Crippen molar-refractivity contribution in [2.75, 3.05) is 18.4 Å². The number of carbonyl (C=O) groups is 1. The molecule has 2 aromatic heterocycles. The smallest absolute Gasteiger partial charge is 0.251 e. The van der Waals surface area contributed by atoms with Gasteiger partial charge < -0.3 is 16.4 Å². The molecule has 152 valence electrons. The maximum absolute atomic E-state index is 12.3. The van der Waals surface area contributed by atoms with Crippen molar-refractivity contribution in [3.05, 3.63) is 29.6 Å². The lowest BCUT2D eigenvalue weighted by Gasteiger charge is -2.26. The summed E-state index contributed by atoms with van der Waals surface area (Å²) < 4.78 is 2.15. The van der Waals surface area contributed by atoms with E-state index in [1.54, 1.807) is 0 Å². The van der Waals surface area contributed by atoms with Crippen LogP contribution in [0.1, 0.15) is 86.2 Å². The molecular formula is C22H33N5O. The highest BCUT2D eigenvalue weighted by atomic mass is 16.1. The predicted molar refractivity (Wildman–Crippen MR) is 113 cm³/mol. The highest BCUT2D eigenvalue weighted by molar-refractivity contribution is 5.95. The molecule has 4 rings (SSSR count). The Balaban J connectivity index is 1.67. The van der Waals surface area contributed by atoms with Crippen molar-refractivity contribution >= 4 is 17.4 Å². The molecule has 2 heterocycles. The van der Waals surface area contributed by atoms with Gasteiger partial charge in [-0.25, -0.2) is 4.98 Å². The van der Waals surface area contributed by atoms with E-state index in [1.807, 2.05) is 18.3 Å². The van der Waals surface area contributed by atoms with E-state index in [0.29, 0.717) is 30.6 Å². The van der Waals surface area contributed by atoms with E-state index in [0.717, 1.165) is 11.5 Å². The van der Waals surface area contributed by atoms with E-state index < -0.39 is 0 Å². The molecule has 2 aliphatic rings. The van der Waals surface area contributed by atoms with E-state index in [2.05, 4.69) is 15.0 Å². The molecule has 1 amide bonds. The van der Waals surface area contributed by atoms with Crippen LogP contribution < -0.4 is 16.4 Å². The monoisotopic (exact) mass is 383 g/mol. The van der Waals surface area contributed by atoms with Gasteiger partial charge in [0.25, 0.3) is 5.91 Å². The molecule has 2 aliphatic carbocycles. The van der Waals surface area contributed by atoms with Gasteiger partial charge in [0.05, 0.1) is 5.69 Å². The Labute approximate surface area is 167 Å². The van der Waals surface area contributed by atoms with Crippen LogP contribution in [0.4, 0.5) is 5.82 Å². The zero-order valence-corrected chi connectivity index (χ0v) is 16.8. The first-order chi connectivity index (χ1) is 13.8. The minimum atomic E-state index is -0.0862. The molecule has 0 spiro atoms. The van der Waals surface area contributed by atoms with Crippen molar-refractivity contribution in [3.8, 4) is 0 Å². The van der Waals surface area contributed by atoms with Gasteiger partial charge in [0.1, 0.15) is 11.5 Å². The summed E-state index contributed by atoms with van der Waals surface area (Å²) in [6.45, 7) is 0.929. The van der Waals surface area contributed by atoms with Gasteiger partial charge in [-0.05, 0) is 37.8 Å². The van der Waals surface area contributed by atoms with E-state index >= 15 is 0 Å². The van der Waals surface area contributed by atoms with E-state index in [1.165, 1.54) is 69.9 Å². The first-order valence-electron chi connectivity index (χ1n) is 11.0. The molecule has 6 nitrogen and oxygen atoms in total. The normalized spacial score (nSPS) is 19.0. The highest BCUT2D eigenvalue weighted by Crippen LogP contribution is 2.37. The molecule has 0 aromatic carbocycles. The number of amides is 1. The molecule has 4 N–H and O–H groups in total. The fraction of sp³-hybridized carbons (Fsp3) is 0.636. The van der Waals surface area contributed by atoms with Gasteiger partial charge in [0, 0.05) is 36.8 Å². The summed E-state index contributed by atoms with van der Waals surface area (Å²) in [6, 6.07) is 4.32. The van der Waals surface area contributed by atoms with Gasteiger partial charge >= 0.3 is 0 Å². The highest BCUT2D eigenvalue weighted by Gasteiger charge is 2.25. The number of nitrogens with zero attached hydrogens (tertiary/aromatic N) is 2. The second kappa shape index (κ2) is 8.95. The summed E-state index contributed by atoms with van der Waals surface area (Å²) >= 11 is 0. The van der Waals surface area contributed by atoms with Crippen molar-refractivity contribution in [2.24, 2.45) is 5.73 Å². The van der Waals surface area contributed by atoms with Gasteiger partial charge in [-0.1, -0.05) is 38.5 Å². The van der Waals surface area contributed by atoms with Gasteiger partial charge in [0.15, 0.2) is 0 Å². The molecule has 28 heavy (non-hydrogen) atoms. The van der Waals surface area contributed by atoms with E-state index in [4.69, 9.17) is 10.7 Å². The van der Waals surface area contributed by atoms with Gasteiger partial charge in [-0.2, -0.15) is 0 Å². The maximum atomic E-state index is 12.3. The summed E-state index contributed by atoms with van der Waals surface area (Å²) in [5.41, 5.74) is 8.20. The van der Waals surface area contributed by atoms with Crippen molar-refractivity contribution in [3.63, 3.8) is 0 Å². The van der Waals surface area contributed by atoms with Crippen LogP contribution in [0.3, 0.4) is 0 Å². The Morgan fingerprint density at radius 1 is 1.11 bits per heavy atom. The number of hydrogen-bond donors (Lipinski definition) is 3. The zero-order valence-electron chi connectivity index (χ0n) is 16.8. The molecule has 6 heteroatoms. The Hall–Kier alpha value is -2.08. The third kappa shape index (κ3) is 4.17. The number of aromatic nitrogens is 2. The third-order valence-corrected chi connectivity index (χ3v) is 6.28. The van der Waals surface area contributed by atoms with Crippen molar-refractivity contribution < 1.29 is 4.79 Å². The Bertz CT molecular complexity index is 803. The number of rotatable bonds is 6. The standard InChI is InChI=1S/C22H33N5O/c23-12-13-24-22(28)17-11-14-27-19(15-17)26-20(16-7-3-1-4-8-16)21(27)25-18-9-5-2-6-10-18/h11,14-16,18,25H,1-10,12-13,23H2,(H,24,28).